The molecule has 23 heavy (non-hydrogen) atoms. The fourth-order valence-corrected chi connectivity index (χ4v) is 2.10. The molecule has 0 radical (unpaired) electrons. The normalized spacial score (nSPS) is 11.6. The molecule has 0 aliphatic carbocycles. The monoisotopic (exact) mass is 309 g/mol. The maximum Gasteiger partial charge on any atom is 0.226 e. The van der Waals surface area contributed by atoms with Crippen LogP contribution in [0.15, 0.2) is 42.7 Å². The molecular formula is C16H15N5O2. The van der Waals surface area contributed by atoms with E-state index in [1.807, 2.05) is 31.2 Å². The highest BCUT2D eigenvalue weighted by Crippen LogP contribution is 2.14. The Kier molecular flexibility index (Phi) is 4.01. The van der Waals surface area contributed by atoms with Crippen LogP contribution in [0.5, 0.6) is 0 Å². The van der Waals surface area contributed by atoms with Crippen molar-refractivity contribution < 1.29 is 9.90 Å². The van der Waals surface area contributed by atoms with Crippen LogP contribution in [-0.2, 0) is 6.42 Å². The highest BCUT2D eigenvalue weighted by atomic mass is 16.3. The van der Waals surface area contributed by atoms with Crippen molar-refractivity contribution in [2.24, 2.45) is 0 Å². The molecule has 0 atom stereocenters. The van der Waals surface area contributed by atoms with Crippen molar-refractivity contribution in [1.82, 2.24) is 25.4 Å². The van der Waals surface area contributed by atoms with Crippen molar-refractivity contribution in [3.05, 3.63) is 71.1 Å². The van der Waals surface area contributed by atoms with Crippen molar-refractivity contribution >= 4 is 11.5 Å². The molecule has 0 saturated heterocycles. The molecule has 2 heterocycles. The Morgan fingerprint density at radius 2 is 2.04 bits per heavy atom. The number of hydrogen-bond acceptors (Lipinski definition) is 5. The van der Waals surface area contributed by atoms with E-state index in [1.54, 1.807) is 6.07 Å². The number of nitrogens with one attached hydrogen (secondary N) is 2. The predicted octanol–water partition coefficient (Wildman–Crippen LogP) is 2.21. The van der Waals surface area contributed by atoms with Crippen LogP contribution < -0.4 is 0 Å². The first-order valence-electron chi connectivity index (χ1n) is 7.02. The molecule has 3 aromatic rings. The topological polar surface area (TPSA) is 108 Å². The second-order valence-electron chi connectivity index (χ2n) is 5.17. The Bertz CT molecular complexity index is 832. The summed E-state index contributed by atoms with van der Waals surface area (Å²) in [7, 11) is 0. The van der Waals surface area contributed by atoms with E-state index in [2.05, 4.69) is 25.4 Å². The summed E-state index contributed by atoms with van der Waals surface area (Å²) >= 11 is 0. The summed E-state index contributed by atoms with van der Waals surface area (Å²) in [6.45, 7) is 2.03. The second-order valence-corrected chi connectivity index (χ2v) is 5.17. The molecule has 3 rings (SSSR count). The Hall–Kier alpha value is -3.22. The van der Waals surface area contributed by atoms with Crippen LogP contribution in [0, 0.1) is 6.92 Å². The minimum atomic E-state index is -0.469. The lowest BCUT2D eigenvalue weighted by molar-refractivity contribution is 0.103. The van der Waals surface area contributed by atoms with Crippen molar-refractivity contribution in [3.63, 3.8) is 0 Å². The van der Waals surface area contributed by atoms with E-state index >= 15 is 0 Å². The largest absolute Gasteiger partial charge is 0.505 e. The number of carbonyl (C=O) groups is 1. The average molecular weight is 309 g/mol. The zero-order chi connectivity index (χ0) is 16.2. The third kappa shape index (κ3) is 3.52. The SMILES string of the molecule is Cc1ccc(Cc2cc(C(O)=CC(=O)c3ncn[nH]3)n[nH]2)cc1. The molecule has 3 N–H and O–H groups in total. The van der Waals surface area contributed by atoms with Crippen LogP contribution in [0.3, 0.4) is 0 Å². The number of aryl methyl sites for hydroxylation is 1. The average Bonchev–Trinajstić information content (AvgIpc) is 3.21. The first kappa shape index (κ1) is 14.7. The molecule has 1 aromatic carbocycles. The standard InChI is InChI=1S/C16H15N5O2/c1-10-2-4-11(5-3-10)6-12-7-13(20-19-12)14(22)8-15(23)16-17-9-18-21-16/h2-5,7-9,22H,6H2,1H3,(H,19,20)(H,17,18,21). The van der Waals surface area contributed by atoms with Crippen LogP contribution in [0.2, 0.25) is 0 Å². The highest BCUT2D eigenvalue weighted by Gasteiger charge is 2.11. The van der Waals surface area contributed by atoms with Gasteiger partial charge in [0, 0.05) is 18.2 Å². The van der Waals surface area contributed by atoms with Gasteiger partial charge in [0.15, 0.2) is 5.82 Å². The first-order chi connectivity index (χ1) is 11.1. The number of aromatic nitrogens is 5. The van der Waals surface area contributed by atoms with Gasteiger partial charge in [-0.25, -0.2) is 4.98 Å². The molecule has 0 unspecified atom stereocenters. The van der Waals surface area contributed by atoms with E-state index in [9.17, 15) is 9.90 Å². The van der Waals surface area contributed by atoms with E-state index in [0.717, 1.165) is 17.3 Å². The molecule has 0 aliphatic rings. The fourth-order valence-electron chi connectivity index (χ4n) is 2.10. The predicted molar refractivity (Wildman–Crippen MR) is 83.9 cm³/mol. The Labute approximate surface area is 132 Å². The number of rotatable bonds is 5. The summed E-state index contributed by atoms with van der Waals surface area (Å²) in [6.07, 6.45) is 2.95. The number of aromatic amines is 2. The van der Waals surface area contributed by atoms with Crippen molar-refractivity contribution in [3.8, 4) is 0 Å². The molecule has 116 valence electrons. The van der Waals surface area contributed by atoms with Gasteiger partial charge in [-0.3, -0.25) is 15.0 Å². The molecule has 2 aromatic heterocycles. The van der Waals surface area contributed by atoms with E-state index < -0.39 is 5.78 Å². The van der Waals surface area contributed by atoms with Crippen LogP contribution in [0.4, 0.5) is 0 Å². The summed E-state index contributed by atoms with van der Waals surface area (Å²) in [5.41, 5.74) is 3.48. The number of H-pyrrole nitrogens is 2. The zero-order valence-corrected chi connectivity index (χ0v) is 12.4. The van der Waals surface area contributed by atoms with Crippen LogP contribution >= 0.6 is 0 Å². The summed E-state index contributed by atoms with van der Waals surface area (Å²) in [5.74, 6) is -0.632. The van der Waals surface area contributed by atoms with Gasteiger partial charge in [0.05, 0.1) is 0 Å². The number of carbonyl (C=O) groups excluding carboxylic acids is 1. The van der Waals surface area contributed by atoms with E-state index in [4.69, 9.17) is 0 Å². The van der Waals surface area contributed by atoms with Gasteiger partial charge in [0.1, 0.15) is 17.8 Å². The van der Waals surface area contributed by atoms with Crippen molar-refractivity contribution in [2.75, 3.05) is 0 Å². The number of nitrogens with zero attached hydrogens (tertiary/aromatic N) is 3. The maximum atomic E-state index is 11.8. The summed E-state index contributed by atoms with van der Waals surface area (Å²) < 4.78 is 0. The van der Waals surface area contributed by atoms with Crippen molar-refractivity contribution in [2.45, 2.75) is 13.3 Å². The van der Waals surface area contributed by atoms with Gasteiger partial charge < -0.3 is 5.11 Å². The third-order valence-corrected chi connectivity index (χ3v) is 3.32. The van der Waals surface area contributed by atoms with Gasteiger partial charge >= 0.3 is 0 Å². The molecule has 0 aliphatic heterocycles. The number of hydrogen-bond donors (Lipinski definition) is 3. The van der Waals surface area contributed by atoms with Crippen molar-refractivity contribution in [1.29, 1.82) is 0 Å². The summed E-state index contributed by atoms with van der Waals surface area (Å²) in [4.78, 5) is 15.5. The van der Waals surface area contributed by atoms with Crippen LogP contribution in [-0.4, -0.2) is 36.3 Å². The number of aliphatic hydroxyl groups excluding tert-OH is 1. The molecule has 0 amide bonds. The summed E-state index contributed by atoms with van der Waals surface area (Å²) in [5, 5.41) is 22.9. The van der Waals surface area contributed by atoms with Gasteiger partial charge in [-0.15, -0.1) is 0 Å². The number of aliphatic hydroxyl groups is 1. The zero-order valence-electron chi connectivity index (χ0n) is 12.4. The third-order valence-electron chi connectivity index (χ3n) is 3.32. The molecule has 0 fully saturated rings. The lowest BCUT2D eigenvalue weighted by Crippen LogP contribution is -1.99. The van der Waals surface area contributed by atoms with E-state index in [1.165, 1.54) is 11.9 Å². The van der Waals surface area contributed by atoms with Gasteiger partial charge in [-0.2, -0.15) is 10.2 Å². The van der Waals surface area contributed by atoms with Gasteiger partial charge in [0.2, 0.25) is 5.78 Å². The first-order valence-corrected chi connectivity index (χ1v) is 7.02. The maximum absolute atomic E-state index is 11.8. The number of allylic oxidation sites excluding steroid dienone is 1. The van der Waals surface area contributed by atoms with Crippen LogP contribution in [0.1, 0.15) is 33.1 Å². The molecule has 7 heteroatoms. The van der Waals surface area contributed by atoms with E-state index in [-0.39, 0.29) is 11.6 Å². The minimum Gasteiger partial charge on any atom is -0.505 e. The van der Waals surface area contributed by atoms with Gasteiger partial charge in [-0.05, 0) is 18.6 Å². The van der Waals surface area contributed by atoms with Gasteiger partial charge in [-0.1, -0.05) is 29.8 Å². The lowest BCUT2D eigenvalue weighted by Gasteiger charge is -1.99. The molecule has 0 spiro atoms. The lowest BCUT2D eigenvalue weighted by atomic mass is 10.1. The molecular weight excluding hydrogens is 294 g/mol. The van der Waals surface area contributed by atoms with E-state index in [0.29, 0.717) is 12.1 Å². The Morgan fingerprint density at radius 1 is 1.26 bits per heavy atom. The Balaban J connectivity index is 1.73. The smallest absolute Gasteiger partial charge is 0.226 e. The summed E-state index contributed by atoms with van der Waals surface area (Å²) in [6, 6.07) is 9.87. The number of ketones is 1. The minimum absolute atomic E-state index is 0.0620. The van der Waals surface area contributed by atoms with Crippen LogP contribution in [0.25, 0.3) is 5.76 Å². The molecule has 0 saturated carbocycles. The molecule has 0 bridgehead atoms. The van der Waals surface area contributed by atoms with Gasteiger partial charge in [0.25, 0.3) is 0 Å². The second kappa shape index (κ2) is 6.27. The highest BCUT2D eigenvalue weighted by molar-refractivity contribution is 6.05. The fraction of sp³-hybridized carbons (Fsp3) is 0.125. The molecule has 7 nitrogen and oxygen atoms in total. The quantitative estimate of drug-likeness (QED) is 0.380. The number of benzene rings is 1. The Morgan fingerprint density at radius 3 is 2.74 bits per heavy atom.